The van der Waals surface area contributed by atoms with E-state index in [4.69, 9.17) is 4.74 Å². The Morgan fingerprint density at radius 1 is 1.20 bits per heavy atom. The molecule has 0 amide bonds. The predicted octanol–water partition coefficient (Wildman–Crippen LogP) is 4.02. The highest BCUT2D eigenvalue weighted by molar-refractivity contribution is 5.85. The normalized spacial score (nSPS) is 12.4. The van der Waals surface area contributed by atoms with E-state index in [1.165, 1.54) is 0 Å². The molecule has 5 heteroatoms. The van der Waals surface area contributed by atoms with Crippen LogP contribution in [0.4, 0.5) is 0 Å². The molecule has 0 aliphatic heterocycles. The van der Waals surface area contributed by atoms with Crippen molar-refractivity contribution in [2.24, 2.45) is 0 Å². The monoisotopic (exact) mass is 333 g/mol. The second-order valence-electron chi connectivity index (χ2n) is 6.05. The molecule has 0 radical (unpaired) electrons. The number of rotatable bonds is 4. The zero-order valence-corrected chi connectivity index (χ0v) is 14.1. The van der Waals surface area contributed by atoms with E-state index in [1.54, 1.807) is 31.8 Å². The fourth-order valence-corrected chi connectivity index (χ4v) is 3.44. The number of fused-ring (bicyclic) bond motifs is 1. The zero-order chi connectivity index (χ0) is 17.4. The number of phenolic OH excluding ortho intramolecular Hbond substituents is 1. The van der Waals surface area contributed by atoms with Crippen LogP contribution >= 0.6 is 0 Å². The van der Waals surface area contributed by atoms with Gasteiger partial charge in [-0.2, -0.15) is 0 Å². The quantitative estimate of drug-likeness (QED) is 0.593. The minimum absolute atomic E-state index is 0.101. The van der Waals surface area contributed by atoms with Crippen molar-refractivity contribution in [2.45, 2.75) is 13.0 Å². The van der Waals surface area contributed by atoms with Gasteiger partial charge in [-0.05, 0) is 30.7 Å². The number of benzene rings is 2. The lowest BCUT2D eigenvalue weighted by molar-refractivity contribution is 0.372. The van der Waals surface area contributed by atoms with Crippen LogP contribution in [0.25, 0.3) is 10.9 Å². The number of aromatic nitrogens is 3. The molecule has 2 aromatic carbocycles. The summed E-state index contributed by atoms with van der Waals surface area (Å²) in [5, 5.41) is 11.4. The molecule has 4 aromatic rings. The second-order valence-corrected chi connectivity index (χ2v) is 6.05. The van der Waals surface area contributed by atoms with Gasteiger partial charge in [0.1, 0.15) is 0 Å². The van der Waals surface area contributed by atoms with Crippen LogP contribution in [-0.4, -0.2) is 26.8 Å². The van der Waals surface area contributed by atoms with Gasteiger partial charge in [0.15, 0.2) is 11.5 Å². The second kappa shape index (κ2) is 6.02. The van der Waals surface area contributed by atoms with E-state index in [0.29, 0.717) is 5.75 Å². The third-order valence-electron chi connectivity index (χ3n) is 4.56. The number of methoxy groups -OCH3 is 1. The Kier molecular flexibility index (Phi) is 3.69. The first-order valence-corrected chi connectivity index (χ1v) is 8.10. The summed E-state index contributed by atoms with van der Waals surface area (Å²) in [5.41, 5.74) is 4.32. The Hall–Kier alpha value is -3.21. The molecule has 1 atom stereocenters. The lowest BCUT2D eigenvalue weighted by Crippen LogP contribution is -2.11. The summed E-state index contributed by atoms with van der Waals surface area (Å²) in [4.78, 5) is 7.67. The van der Waals surface area contributed by atoms with Crippen LogP contribution in [-0.2, 0) is 0 Å². The van der Waals surface area contributed by atoms with Gasteiger partial charge in [-0.25, -0.2) is 4.98 Å². The van der Waals surface area contributed by atoms with Crippen LogP contribution in [0, 0.1) is 6.92 Å². The van der Waals surface area contributed by atoms with E-state index in [2.05, 4.69) is 29.0 Å². The average molecular weight is 333 g/mol. The van der Waals surface area contributed by atoms with Crippen LogP contribution in [0.3, 0.4) is 0 Å². The number of nitrogens with one attached hydrogen (secondary N) is 1. The van der Waals surface area contributed by atoms with Crippen LogP contribution in [0.2, 0.25) is 0 Å². The Morgan fingerprint density at radius 2 is 2.04 bits per heavy atom. The van der Waals surface area contributed by atoms with Crippen molar-refractivity contribution in [3.8, 4) is 11.5 Å². The van der Waals surface area contributed by atoms with E-state index in [0.717, 1.165) is 27.7 Å². The van der Waals surface area contributed by atoms with Gasteiger partial charge in [-0.1, -0.05) is 24.3 Å². The van der Waals surface area contributed by atoms with E-state index in [-0.39, 0.29) is 11.8 Å². The molecule has 0 saturated carbocycles. The minimum atomic E-state index is -0.101. The lowest BCUT2D eigenvalue weighted by atomic mass is 9.95. The molecule has 4 rings (SSSR count). The molecular formula is C20H19N3O2. The van der Waals surface area contributed by atoms with Gasteiger partial charge in [0.25, 0.3) is 0 Å². The Labute approximate surface area is 145 Å². The molecule has 2 heterocycles. The fourth-order valence-electron chi connectivity index (χ4n) is 3.44. The summed E-state index contributed by atoms with van der Waals surface area (Å²) >= 11 is 0. The summed E-state index contributed by atoms with van der Waals surface area (Å²) in [5.74, 6) is 0.589. The molecule has 5 nitrogen and oxygen atoms in total. The van der Waals surface area contributed by atoms with Crippen LogP contribution in [0.15, 0.2) is 61.2 Å². The molecule has 0 fully saturated rings. The van der Waals surface area contributed by atoms with Crippen LogP contribution in [0.5, 0.6) is 11.5 Å². The average Bonchev–Trinajstić information content (AvgIpc) is 3.24. The van der Waals surface area contributed by atoms with Crippen molar-refractivity contribution in [1.82, 2.24) is 14.5 Å². The number of aryl methyl sites for hydroxylation is 1. The largest absolute Gasteiger partial charge is 0.504 e. The van der Waals surface area contributed by atoms with Crippen molar-refractivity contribution in [2.75, 3.05) is 7.11 Å². The maximum absolute atomic E-state index is 10.3. The zero-order valence-electron chi connectivity index (χ0n) is 14.1. The van der Waals surface area contributed by atoms with Gasteiger partial charge in [-0.15, -0.1) is 0 Å². The number of aromatic amines is 1. The molecular weight excluding hydrogens is 314 g/mol. The number of hydrogen-bond donors (Lipinski definition) is 2. The number of imidazole rings is 1. The Morgan fingerprint density at radius 3 is 2.76 bits per heavy atom. The summed E-state index contributed by atoms with van der Waals surface area (Å²) in [6.45, 7) is 2.07. The highest BCUT2D eigenvalue weighted by atomic mass is 16.5. The number of ether oxygens (including phenoxy) is 1. The molecule has 2 N–H and O–H groups in total. The number of phenols is 1. The molecule has 0 bridgehead atoms. The van der Waals surface area contributed by atoms with Crippen molar-refractivity contribution >= 4 is 10.9 Å². The lowest BCUT2D eigenvalue weighted by Gasteiger charge is -2.21. The first kappa shape index (κ1) is 15.3. The summed E-state index contributed by atoms with van der Waals surface area (Å²) in [6, 6.07) is 13.7. The standard InChI is InChI=1S/C20H19N3O2/c1-13-19(15-5-3-4-6-16(15)22-13)20(23-10-9-21-12-23)14-7-8-18(25-2)17(24)11-14/h3-12,20,22,24H,1-2H3. The highest BCUT2D eigenvalue weighted by Gasteiger charge is 2.23. The summed E-state index contributed by atoms with van der Waals surface area (Å²) < 4.78 is 7.23. The molecule has 2 aromatic heterocycles. The van der Waals surface area contributed by atoms with Gasteiger partial charge in [0, 0.05) is 34.6 Å². The van der Waals surface area contributed by atoms with Crippen molar-refractivity contribution < 1.29 is 9.84 Å². The van der Waals surface area contributed by atoms with Crippen molar-refractivity contribution in [1.29, 1.82) is 0 Å². The molecule has 0 aliphatic carbocycles. The molecule has 25 heavy (non-hydrogen) atoms. The van der Waals surface area contributed by atoms with Crippen molar-refractivity contribution in [3.05, 3.63) is 78.0 Å². The Bertz CT molecular complexity index is 1020. The number of hydrogen-bond acceptors (Lipinski definition) is 3. The van der Waals surface area contributed by atoms with Gasteiger partial charge >= 0.3 is 0 Å². The molecule has 126 valence electrons. The van der Waals surface area contributed by atoms with Crippen LogP contribution < -0.4 is 4.74 Å². The fraction of sp³-hybridized carbons (Fsp3) is 0.150. The molecule has 0 saturated heterocycles. The first-order chi connectivity index (χ1) is 12.2. The van der Waals surface area contributed by atoms with E-state index >= 15 is 0 Å². The van der Waals surface area contributed by atoms with Gasteiger partial charge in [0.05, 0.1) is 19.5 Å². The van der Waals surface area contributed by atoms with Crippen molar-refractivity contribution in [3.63, 3.8) is 0 Å². The van der Waals surface area contributed by atoms with Crippen LogP contribution in [0.1, 0.15) is 22.9 Å². The molecule has 1 unspecified atom stereocenters. The number of H-pyrrole nitrogens is 1. The summed E-state index contributed by atoms with van der Waals surface area (Å²) in [7, 11) is 1.55. The SMILES string of the molecule is COc1ccc(C(c2c(C)[nH]c3ccccc23)n2ccnc2)cc1O. The maximum Gasteiger partial charge on any atom is 0.160 e. The van der Waals surface area contributed by atoms with E-state index in [1.807, 2.05) is 29.0 Å². The predicted molar refractivity (Wildman–Crippen MR) is 97.2 cm³/mol. The highest BCUT2D eigenvalue weighted by Crippen LogP contribution is 2.37. The number of aromatic hydroxyl groups is 1. The van der Waals surface area contributed by atoms with Gasteiger partial charge in [-0.3, -0.25) is 0 Å². The van der Waals surface area contributed by atoms with Gasteiger partial charge < -0.3 is 19.4 Å². The minimum Gasteiger partial charge on any atom is -0.504 e. The van der Waals surface area contributed by atoms with Gasteiger partial charge in [0.2, 0.25) is 0 Å². The third kappa shape index (κ3) is 2.54. The summed E-state index contributed by atoms with van der Waals surface area (Å²) in [6.07, 6.45) is 5.50. The Balaban J connectivity index is 1.96. The smallest absolute Gasteiger partial charge is 0.160 e. The topological polar surface area (TPSA) is 63.1 Å². The maximum atomic E-state index is 10.3. The number of nitrogens with zero attached hydrogens (tertiary/aromatic N) is 2. The molecule has 0 aliphatic rings. The first-order valence-electron chi connectivity index (χ1n) is 8.10. The number of para-hydroxylation sites is 1. The van der Waals surface area contributed by atoms with E-state index < -0.39 is 0 Å². The molecule has 0 spiro atoms. The van der Waals surface area contributed by atoms with E-state index in [9.17, 15) is 5.11 Å². The third-order valence-corrected chi connectivity index (χ3v) is 4.56.